The Morgan fingerprint density at radius 1 is 1.18 bits per heavy atom. The van der Waals surface area contributed by atoms with Crippen molar-refractivity contribution in [2.75, 3.05) is 0 Å². The molecule has 7 heteroatoms. The van der Waals surface area contributed by atoms with Crippen LogP contribution in [0.4, 0.5) is 4.79 Å². The minimum absolute atomic E-state index is 0.566. The summed E-state index contributed by atoms with van der Waals surface area (Å²) < 4.78 is 9.17. The summed E-state index contributed by atoms with van der Waals surface area (Å²) in [4.78, 5) is 36.7. The van der Waals surface area contributed by atoms with E-state index in [1.165, 1.54) is 0 Å². The van der Waals surface area contributed by atoms with Gasteiger partial charge in [0.15, 0.2) is 0 Å². The molecule has 0 aliphatic heterocycles. The van der Waals surface area contributed by atoms with E-state index < -0.39 is 24.1 Å². The molecule has 1 aromatic heterocycles. The maximum Gasteiger partial charge on any atom is 0.426 e. The van der Waals surface area contributed by atoms with E-state index >= 15 is 0 Å². The van der Waals surface area contributed by atoms with Crippen LogP contribution in [-0.4, -0.2) is 23.0 Å². The number of aromatic nitrogens is 1. The molecule has 22 heavy (non-hydrogen) atoms. The molecule has 0 bridgehead atoms. The Morgan fingerprint density at radius 2 is 1.95 bits per heavy atom. The third kappa shape index (κ3) is 2.52. The van der Waals surface area contributed by atoms with Gasteiger partial charge in [-0.1, -0.05) is 18.2 Å². The van der Waals surface area contributed by atoms with Crippen molar-refractivity contribution in [3.63, 3.8) is 0 Å². The first kappa shape index (κ1) is 14.1. The molecule has 3 N–H and O–H groups in total. The Labute approximate surface area is 125 Å². The number of nitrogens with one attached hydrogen (secondary N) is 1. The molecule has 114 valence electrons. The van der Waals surface area contributed by atoms with E-state index in [4.69, 9.17) is 10.5 Å². The van der Waals surface area contributed by atoms with Crippen LogP contribution < -0.4 is 5.73 Å². The maximum atomic E-state index is 11.7. The van der Waals surface area contributed by atoms with E-state index in [0.29, 0.717) is 6.42 Å². The zero-order chi connectivity index (χ0) is 15.7. The summed E-state index contributed by atoms with van der Waals surface area (Å²) >= 11 is 0. The number of rotatable bonds is 1. The quantitative estimate of drug-likeness (QED) is 0.473. The number of fused-ring (bicyclic) bond motifs is 3. The van der Waals surface area contributed by atoms with E-state index in [-0.39, 0.29) is 0 Å². The Kier molecular flexibility index (Phi) is 3.54. The minimum atomic E-state index is -1.41. The summed E-state index contributed by atoms with van der Waals surface area (Å²) in [5, 5.41) is 1.08. The molecule has 0 spiro atoms. The average molecular weight is 302 g/mol. The van der Waals surface area contributed by atoms with Gasteiger partial charge in [-0.3, -0.25) is 0 Å². The molecule has 1 atom stereocenters. The summed E-state index contributed by atoms with van der Waals surface area (Å²) in [5.41, 5.74) is 7.52. The molecule has 0 saturated heterocycles. The van der Waals surface area contributed by atoms with Crippen molar-refractivity contribution in [1.29, 1.82) is 0 Å². The first-order valence-corrected chi connectivity index (χ1v) is 6.88. The van der Waals surface area contributed by atoms with Crippen molar-refractivity contribution in [3.8, 4) is 0 Å². The molecule has 1 aromatic carbocycles. The second-order valence-electron chi connectivity index (χ2n) is 5.06. The van der Waals surface area contributed by atoms with Crippen LogP contribution in [0.15, 0.2) is 24.3 Å². The number of benzene rings is 1. The highest BCUT2D eigenvalue weighted by atomic mass is 16.6. The third-order valence-corrected chi connectivity index (χ3v) is 3.67. The number of ether oxygens (including phenoxy) is 2. The number of hydrogen-bond donors (Lipinski definition) is 2. The Balaban J connectivity index is 1.84. The van der Waals surface area contributed by atoms with Crippen LogP contribution in [0.2, 0.25) is 0 Å². The molecule has 1 amide bonds. The summed E-state index contributed by atoms with van der Waals surface area (Å²) in [7, 11) is 0. The molecule has 1 heterocycles. The van der Waals surface area contributed by atoms with Gasteiger partial charge >= 0.3 is 18.0 Å². The van der Waals surface area contributed by atoms with Gasteiger partial charge in [-0.05, 0) is 30.9 Å². The second kappa shape index (κ2) is 5.51. The van der Waals surface area contributed by atoms with Gasteiger partial charge in [0.1, 0.15) is 6.10 Å². The van der Waals surface area contributed by atoms with Crippen LogP contribution >= 0.6 is 0 Å². The lowest BCUT2D eigenvalue weighted by Gasteiger charge is -2.22. The van der Waals surface area contributed by atoms with E-state index in [2.05, 4.69) is 9.72 Å². The first-order chi connectivity index (χ1) is 10.6. The van der Waals surface area contributed by atoms with Crippen LogP contribution in [0.5, 0.6) is 0 Å². The lowest BCUT2D eigenvalue weighted by atomic mass is 9.93. The molecule has 3 rings (SSSR count). The standard InChI is InChI=1S/C15H14N2O5/c16-15(20)22-14(19)13(18)21-11-7-3-5-9-8-4-1-2-6-10(8)17-12(9)11/h1-2,4,6,11,17H,3,5,7H2,(H2,16,20). The molecule has 1 aliphatic carbocycles. The SMILES string of the molecule is NC(=O)OC(=O)C(=O)OC1CCCc2c1[nH]c1ccccc21. The van der Waals surface area contributed by atoms with Crippen LogP contribution in [0, 0.1) is 0 Å². The normalized spacial score (nSPS) is 16.8. The van der Waals surface area contributed by atoms with Gasteiger partial charge in [0, 0.05) is 10.9 Å². The first-order valence-electron chi connectivity index (χ1n) is 6.88. The summed E-state index contributed by atoms with van der Waals surface area (Å²) in [5.74, 6) is -2.63. The van der Waals surface area contributed by atoms with Crippen LogP contribution in [0.25, 0.3) is 10.9 Å². The van der Waals surface area contributed by atoms with Crippen molar-refractivity contribution in [2.24, 2.45) is 5.73 Å². The molecule has 0 radical (unpaired) electrons. The third-order valence-electron chi connectivity index (χ3n) is 3.67. The summed E-state index contributed by atoms with van der Waals surface area (Å²) in [6.07, 6.45) is 0.396. The second-order valence-corrected chi connectivity index (χ2v) is 5.06. The molecule has 7 nitrogen and oxygen atoms in total. The fourth-order valence-electron chi connectivity index (χ4n) is 2.80. The number of para-hydroxylation sites is 1. The predicted molar refractivity (Wildman–Crippen MR) is 75.7 cm³/mol. The van der Waals surface area contributed by atoms with Crippen molar-refractivity contribution in [3.05, 3.63) is 35.5 Å². The lowest BCUT2D eigenvalue weighted by Crippen LogP contribution is -2.28. The minimum Gasteiger partial charge on any atom is -0.447 e. The number of esters is 2. The number of primary amides is 1. The van der Waals surface area contributed by atoms with Gasteiger partial charge in [0.2, 0.25) is 0 Å². The number of hydrogen-bond acceptors (Lipinski definition) is 5. The summed E-state index contributed by atoms with van der Waals surface area (Å²) in [6, 6.07) is 7.79. The van der Waals surface area contributed by atoms with Crippen LogP contribution in [-0.2, 0) is 25.5 Å². The lowest BCUT2D eigenvalue weighted by molar-refractivity contribution is -0.168. The van der Waals surface area contributed by atoms with Crippen molar-refractivity contribution >= 4 is 28.9 Å². The number of carbonyl (C=O) groups excluding carboxylic acids is 3. The number of H-pyrrole nitrogens is 1. The van der Waals surface area contributed by atoms with Crippen LogP contribution in [0.3, 0.4) is 0 Å². The topological polar surface area (TPSA) is 111 Å². The summed E-state index contributed by atoms with van der Waals surface area (Å²) in [6.45, 7) is 0. The Bertz CT molecular complexity index is 764. The average Bonchev–Trinajstić information content (AvgIpc) is 2.86. The van der Waals surface area contributed by atoms with Gasteiger partial charge in [-0.2, -0.15) is 0 Å². The van der Waals surface area contributed by atoms with Gasteiger partial charge in [0.05, 0.1) is 5.69 Å². The van der Waals surface area contributed by atoms with Gasteiger partial charge in [0.25, 0.3) is 0 Å². The highest BCUT2D eigenvalue weighted by molar-refractivity contribution is 6.31. The molecule has 1 aliphatic rings. The van der Waals surface area contributed by atoms with E-state index in [9.17, 15) is 14.4 Å². The maximum absolute atomic E-state index is 11.7. The largest absolute Gasteiger partial charge is 0.447 e. The molecular formula is C15H14N2O5. The molecule has 1 unspecified atom stereocenters. The molecule has 2 aromatic rings. The van der Waals surface area contributed by atoms with Gasteiger partial charge in [-0.15, -0.1) is 0 Å². The zero-order valence-electron chi connectivity index (χ0n) is 11.6. The number of carbonyl (C=O) groups is 3. The zero-order valence-corrected chi connectivity index (χ0v) is 11.6. The van der Waals surface area contributed by atoms with Crippen molar-refractivity contribution in [1.82, 2.24) is 4.98 Å². The monoisotopic (exact) mass is 302 g/mol. The number of aromatic amines is 1. The highest BCUT2D eigenvalue weighted by Crippen LogP contribution is 2.36. The Hall–Kier alpha value is -2.83. The van der Waals surface area contributed by atoms with Gasteiger partial charge < -0.3 is 20.2 Å². The predicted octanol–water partition coefficient (Wildman–Crippen LogP) is 1.71. The smallest absolute Gasteiger partial charge is 0.426 e. The molecular weight excluding hydrogens is 288 g/mol. The number of amides is 1. The number of aryl methyl sites for hydroxylation is 1. The van der Waals surface area contributed by atoms with Crippen LogP contribution in [0.1, 0.15) is 30.2 Å². The molecule has 0 fully saturated rings. The van der Waals surface area contributed by atoms with E-state index in [0.717, 1.165) is 35.0 Å². The van der Waals surface area contributed by atoms with E-state index in [1.54, 1.807) is 0 Å². The highest BCUT2D eigenvalue weighted by Gasteiger charge is 2.30. The van der Waals surface area contributed by atoms with Gasteiger partial charge in [-0.25, -0.2) is 14.4 Å². The fourth-order valence-corrected chi connectivity index (χ4v) is 2.80. The van der Waals surface area contributed by atoms with E-state index in [1.807, 2.05) is 24.3 Å². The Morgan fingerprint density at radius 3 is 2.73 bits per heavy atom. The number of nitrogens with two attached hydrogens (primary N) is 1. The van der Waals surface area contributed by atoms with Crippen molar-refractivity contribution < 1.29 is 23.9 Å². The fraction of sp³-hybridized carbons (Fsp3) is 0.267. The van der Waals surface area contributed by atoms with Crippen molar-refractivity contribution in [2.45, 2.75) is 25.4 Å². The molecule has 0 saturated carbocycles.